The van der Waals surface area contributed by atoms with Crippen LogP contribution in [-0.2, 0) is 6.54 Å². The minimum absolute atomic E-state index is 0.206. The molecule has 0 spiro atoms. The minimum atomic E-state index is 0.206. The number of halogens is 1. The number of hydrogen-bond acceptors (Lipinski definition) is 2. The summed E-state index contributed by atoms with van der Waals surface area (Å²) in [5, 5.41) is 4.03. The first-order valence-electron chi connectivity index (χ1n) is 9.89. The van der Waals surface area contributed by atoms with Crippen LogP contribution in [0, 0.1) is 16.7 Å². The molecule has 5 rings (SSSR count). The fraction of sp³-hybridized carbons (Fsp3) is 0.727. The molecule has 1 aromatic rings. The number of nitrogens with one attached hydrogen (secondary N) is 1. The van der Waals surface area contributed by atoms with Crippen molar-refractivity contribution in [3.8, 4) is 5.75 Å². The lowest BCUT2D eigenvalue weighted by molar-refractivity contribution is -0.118. The monoisotopic (exact) mass is 405 g/mol. The third-order valence-electron chi connectivity index (χ3n) is 6.67. The van der Waals surface area contributed by atoms with Gasteiger partial charge in [-0.25, -0.2) is 0 Å². The number of ether oxygens (including phenoxy) is 1. The summed E-state index contributed by atoms with van der Waals surface area (Å²) in [6.07, 6.45) is 8.60. The Bertz CT molecular complexity index is 652. The molecule has 3 heteroatoms. The van der Waals surface area contributed by atoms with Gasteiger partial charge < -0.3 is 10.1 Å². The van der Waals surface area contributed by atoms with Crippen LogP contribution >= 0.6 is 15.9 Å². The second-order valence-electron chi connectivity index (χ2n) is 10.2. The summed E-state index contributed by atoms with van der Waals surface area (Å²) in [6, 6.07) is 6.39. The first-order chi connectivity index (χ1) is 11.7. The van der Waals surface area contributed by atoms with Gasteiger partial charge in [0.2, 0.25) is 0 Å². The van der Waals surface area contributed by atoms with E-state index in [1.807, 2.05) is 0 Å². The molecule has 2 atom stereocenters. The van der Waals surface area contributed by atoms with Gasteiger partial charge in [0.1, 0.15) is 5.75 Å². The highest BCUT2D eigenvalue weighted by atomic mass is 79.9. The zero-order valence-electron chi connectivity index (χ0n) is 16.1. The average Bonchev–Trinajstić information content (AvgIpc) is 2.43. The van der Waals surface area contributed by atoms with Crippen molar-refractivity contribution in [3.05, 3.63) is 28.2 Å². The maximum Gasteiger partial charge on any atom is 0.124 e. The van der Waals surface area contributed by atoms with Gasteiger partial charge in [0.15, 0.2) is 0 Å². The Morgan fingerprint density at radius 2 is 1.80 bits per heavy atom. The quantitative estimate of drug-likeness (QED) is 0.640. The van der Waals surface area contributed by atoms with Crippen LogP contribution in [0.5, 0.6) is 5.75 Å². The molecule has 0 heterocycles. The van der Waals surface area contributed by atoms with Crippen LogP contribution in [0.1, 0.15) is 71.8 Å². The van der Waals surface area contributed by atoms with Gasteiger partial charge in [0.05, 0.1) is 6.10 Å². The molecule has 4 aliphatic carbocycles. The van der Waals surface area contributed by atoms with Crippen molar-refractivity contribution in [3.63, 3.8) is 0 Å². The normalized spacial score (nSPS) is 39.2. The van der Waals surface area contributed by atoms with Gasteiger partial charge in [-0.05, 0) is 87.3 Å². The van der Waals surface area contributed by atoms with E-state index in [9.17, 15) is 0 Å². The maximum atomic E-state index is 6.05. The Kier molecular flexibility index (Phi) is 4.28. The highest BCUT2D eigenvalue weighted by Crippen LogP contribution is 2.66. The lowest BCUT2D eigenvalue weighted by atomic mass is 9.43. The molecule has 2 nitrogen and oxygen atoms in total. The molecule has 0 radical (unpaired) electrons. The van der Waals surface area contributed by atoms with Crippen molar-refractivity contribution in [1.82, 2.24) is 5.32 Å². The summed E-state index contributed by atoms with van der Waals surface area (Å²) in [5.41, 5.74) is 2.71. The van der Waals surface area contributed by atoms with Gasteiger partial charge >= 0.3 is 0 Å². The number of hydrogen-bond donors (Lipinski definition) is 1. The summed E-state index contributed by atoms with van der Waals surface area (Å²) in [7, 11) is 0. The van der Waals surface area contributed by atoms with Gasteiger partial charge in [-0.2, -0.15) is 0 Å². The van der Waals surface area contributed by atoms with E-state index in [1.165, 1.54) is 44.1 Å². The van der Waals surface area contributed by atoms with E-state index in [-0.39, 0.29) is 6.10 Å². The van der Waals surface area contributed by atoms with Crippen LogP contribution in [-0.4, -0.2) is 11.6 Å². The van der Waals surface area contributed by atoms with E-state index in [4.69, 9.17) is 4.74 Å². The molecule has 1 N–H and O–H groups in total. The Labute approximate surface area is 161 Å². The zero-order valence-corrected chi connectivity index (χ0v) is 17.7. The summed E-state index contributed by atoms with van der Waals surface area (Å²) in [4.78, 5) is 0. The maximum absolute atomic E-state index is 6.05. The summed E-state index contributed by atoms with van der Waals surface area (Å²) < 4.78 is 7.18. The van der Waals surface area contributed by atoms with Crippen LogP contribution in [0.15, 0.2) is 22.7 Å². The lowest BCUT2D eigenvalue weighted by Gasteiger charge is -2.65. The Morgan fingerprint density at radius 1 is 1.12 bits per heavy atom. The predicted molar refractivity (Wildman–Crippen MR) is 107 cm³/mol. The molecule has 4 aliphatic rings. The van der Waals surface area contributed by atoms with Crippen LogP contribution in [0.2, 0.25) is 0 Å². The number of rotatable bonds is 5. The summed E-state index contributed by atoms with van der Waals surface area (Å²) in [5.74, 6) is 1.94. The second-order valence-corrected chi connectivity index (χ2v) is 11.1. The van der Waals surface area contributed by atoms with Crippen molar-refractivity contribution in [2.75, 3.05) is 0 Å². The van der Waals surface area contributed by atoms with Crippen LogP contribution in [0.4, 0.5) is 0 Å². The van der Waals surface area contributed by atoms with Gasteiger partial charge in [-0.3, -0.25) is 0 Å². The SMILES string of the molecule is CC(C)Oc1ccc(Br)cc1CNC12CC3CC(C)(CC(C)(C3)C1)C2. The molecule has 25 heavy (non-hydrogen) atoms. The Morgan fingerprint density at radius 3 is 2.40 bits per heavy atom. The summed E-state index contributed by atoms with van der Waals surface area (Å²) >= 11 is 3.63. The van der Waals surface area contributed by atoms with Gasteiger partial charge in [-0.1, -0.05) is 29.8 Å². The van der Waals surface area contributed by atoms with Gasteiger partial charge in [-0.15, -0.1) is 0 Å². The lowest BCUT2D eigenvalue weighted by Crippen LogP contribution is -2.63. The van der Waals surface area contributed by atoms with Gasteiger partial charge in [0, 0.05) is 22.1 Å². The molecule has 4 fully saturated rings. The topological polar surface area (TPSA) is 21.3 Å². The molecular formula is C22H32BrNO. The third kappa shape index (κ3) is 3.51. The Balaban J connectivity index is 1.55. The number of benzene rings is 1. The van der Waals surface area contributed by atoms with E-state index in [0.717, 1.165) is 22.7 Å². The highest BCUT2D eigenvalue weighted by Gasteiger charge is 2.59. The minimum Gasteiger partial charge on any atom is -0.491 e. The van der Waals surface area contributed by atoms with Crippen molar-refractivity contribution in [1.29, 1.82) is 0 Å². The molecule has 2 unspecified atom stereocenters. The van der Waals surface area contributed by atoms with Crippen LogP contribution in [0.3, 0.4) is 0 Å². The average molecular weight is 406 g/mol. The molecule has 1 aromatic carbocycles. The summed E-state index contributed by atoms with van der Waals surface area (Å²) in [6.45, 7) is 10.2. The smallest absolute Gasteiger partial charge is 0.124 e. The van der Waals surface area contributed by atoms with E-state index < -0.39 is 0 Å². The molecule has 0 aliphatic heterocycles. The molecule has 4 bridgehead atoms. The molecule has 0 amide bonds. The molecule has 138 valence electrons. The fourth-order valence-electron chi connectivity index (χ4n) is 6.98. The molecular weight excluding hydrogens is 374 g/mol. The Hall–Kier alpha value is -0.540. The zero-order chi connectivity index (χ0) is 17.9. The van der Waals surface area contributed by atoms with Crippen LogP contribution < -0.4 is 10.1 Å². The second kappa shape index (κ2) is 5.99. The molecule has 4 saturated carbocycles. The predicted octanol–water partition coefficient (Wildman–Crippen LogP) is 6.07. The highest BCUT2D eigenvalue weighted by molar-refractivity contribution is 9.10. The van der Waals surface area contributed by atoms with E-state index in [2.05, 4.69) is 67.1 Å². The first kappa shape index (κ1) is 17.9. The van der Waals surface area contributed by atoms with E-state index in [0.29, 0.717) is 16.4 Å². The first-order valence-corrected chi connectivity index (χ1v) is 10.7. The van der Waals surface area contributed by atoms with Crippen molar-refractivity contribution in [2.45, 2.75) is 84.4 Å². The largest absolute Gasteiger partial charge is 0.491 e. The fourth-order valence-corrected chi connectivity index (χ4v) is 7.39. The molecule has 0 aromatic heterocycles. The molecule has 0 saturated heterocycles. The van der Waals surface area contributed by atoms with Gasteiger partial charge in [0.25, 0.3) is 0 Å². The van der Waals surface area contributed by atoms with Crippen molar-refractivity contribution >= 4 is 15.9 Å². The standard InChI is InChI=1S/C22H32BrNO/c1-15(2)25-19-6-5-18(23)7-17(19)11-24-22-10-16-8-20(3,13-22)12-21(4,9-16)14-22/h5-7,15-16,24H,8-14H2,1-4H3. The third-order valence-corrected chi connectivity index (χ3v) is 7.16. The van der Waals surface area contributed by atoms with Crippen molar-refractivity contribution < 1.29 is 4.74 Å². The van der Waals surface area contributed by atoms with E-state index >= 15 is 0 Å². The van der Waals surface area contributed by atoms with E-state index in [1.54, 1.807) is 0 Å². The van der Waals surface area contributed by atoms with Crippen LogP contribution in [0.25, 0.3) is 0 Å². The van der Waals surface area contributed by atoms with Crippen molar-refractivity contribution in [2.24, 2.45) is 16.7 Å².